The van der Waals surface area contributed by atoms with Gasteiger partial charge in [-0.15, -0.1) is 0 Å². The summed E-state index contributed by atoms with van der Waals surface area (Å²) in [5, 5.41) is 11.5. The van der Waals surface area contributed by atoms with Crippen LogP contribution in [0.2, 0.25) is 0 Å². The number of nitrogens with zero attached hydrogens (tertiary/aromatic N) is 2. The Labute approximate surface area is 110 Å². The maximum absolute atomic E-state index is 11.9. The molecule has 1 aromatic carbocycles. The van der Waals surface area contributed by atoms with Gasteiger partial charge in [-0.2, -0.15) is 5.26 Å². The van der Waals surface area contributed by atoms with Gasteiger partial charge >= 0.3 is 0 Å². The van der Waals surface area contributed by atoms with Crippen LogP contribution in [0.25, 0.3) is 11.6 Å². The Bertz CT molecular complexity index is 724. The summed E-state index contributed by atoms with van der Waals surface area (Å²) in [6.07, 6.45) is 3.44. The van der Waals surface area contributed by atoms with Gasteiger partial charge in [-0.3, -0.25) is 4.79 Å². The normalized spacial score (nSPS) is 14.9. The minimum absolute atomic E-state index is 0.155. The molecule has 1 aromatic heterocycles. The molecular formula is C15H9N3O. The van der Waals surface area contributed by atoms with Crippen LogP contribution < -0.4 is 5.32 Å². The number of aromatic nitrogens is 1. The first-order valence-corrected chi connectivity index (χ1v) is 5.76. The van der Waals surface area contributed by atoms with Crippen LogP contribution in [0.1, 0.15) is 16.7 Å². The molecule has 0 bridgehead atoms. The fourth-order valence-electron chi connectivity index (χ4n) is 1.98. The smallest absolute Gasteiger partial charge is 0.257 e. The molecule has 0 saturated carbocycles. The number of fused-ring (bicyclic) bond motifs is 1. The first kappa shape index (κ1) is 11.2. The van der Waals surface area contributed by atoms with Crippen LogP contribution in [0.5, 0.6) is 0 Å². The van der Waals surface area contributed by atoms with Crippen molar-refractivity contribution in [2.45, 2.75) is 0 Å². The van der Waals surface area contributed by atoms with Crippen molar-refractivity contribution >= 4 is 23.4 Å². The van der Waals surface area contributed by atoms with E-state index in [4.69, 9.17) is 5.26 Å². The van der Waals surface area contributed by atoms with Gasteiger partial charge in [0.25, 0.3) is 5.91 Å². The van der Waals surface area contributed by atoms with E-state index >= 15 is 0 Å². The number of hydrogen-bond acceptors (Lipinski definition) is 3. The van der Waals surface area contributed by atoms with Gasteiger partial charge < -0.3 is 5.32 Å². The summed E-state index contributed by atoms with van der Waals surface area (Å²) in [7, 11) is 0. The summed E-state index contributed by atoms with van der Waals surface area (Å²) < 4.78 is 0. The fraction of sp³-hybridized carbons (Fsp3) is 0. The molecule has 0 unspecified atom stereocenters. The van der Waals surface area contributed by atoms with Crippen LogP contribution >= 0.6 is 0 Å². The molecule has 90 valence electrons. The van der Waals surface area contributed by atoms with Gasteiger partial charge in [-0.05, 0) is 35.9 Å². The summed E-state index contributed by atoms with van der Waals surface area (Å²) in [6.45, 7) is 0. The molecule has 1 aliphatic rings. The van der Waals surface area contributed by atoms with Gasteiger partial charge in [0.15, 0.2) is 0 Å². The number of hydrogen-bond donors (Lipinski definition) is 1. The zero-order chi connectivity index (χ0) is 13.2. The minimum atomic E-state index is -0.155. The average Bonchev–Trinajstić information content (AvgIpc) is 2.76. The average molecular weight is 247 g/mol. The topological polar surface area (TPSA) is 65.8 Å². The molecule has 19 heavy (non-hydrogen) atoms. The highest BCUT2D eigenvalue weighted by atomic mass is 16.2. The Morgan fingerprint density at radius 3 is 2.74 bits per heavy atom. The molecule has 0 atom stereocenters. The number of benzene rings is 1. The SMILES string of the molecule is N#Cc1ccc(C=C2C(=O)Nc3ncccc32)cc1. The number of amides is 1. The van der Waals surface area contributed by atoms with Gasteiger partial charge in [-0.25, -0.2) is 4.98 Å². The van der Waals surface area contributed by atoms with E-state index in [0.29, 0.717) is 17.0 Å². The molecule has 1 aliphatic heterocycles. The minimum Gasteiger partial charge on any atom is -0.306 e. The second kappa shape index (κ2) is 4.39. The van der Waals surface area contributed by atoms with E-state index in [2.05, 4.69) is 16.4 Å². The Morgan fingerprint density at radius 2 is 2.00 bits per heavy atom. The summed E-state index contributed by atoms with van der Waals surface area (Å²) in [5.41, 5.74) is 2.87. The zero-order valence-electron chi connectivity index (χ0n) is 9.92. The molecule has 2 aromatic rings. The predicted octanol–water partition coefficient (Wildman–Crippen LogP) is 2.45. The molecule has 0 spiro atoms. The molecule has 4 nitrogen and oxygen atoms in total. The quantitative estimate of drug-likeness (QED) is 0.787. The maximum Gasteiger partial charge on any atom is 0.257 e. The molecule has 1 amide bonds. The van der Waals surface area contributed by atoms with Crippen molar-refractivity contribution < 1.29 is 4.79 Å². The van der Waals surface area contributed by atoms with E-state index in [9.17, 15) is 4.79 Å². The fourth-order valence-corrected chi connectivity index (χ4v) is 1.98. The third-order valence-electron chi connectivity index (χ3n) is 2.93. The molecule has 4 heteroatoms. The molecule has 2 heterocycles. The molecule has 0 radical (unpaired) electrons. The lowest BCUT2D eigenvalue weighted by molar-refractivity contribution is -0.110. The number of carbonyl (C=O) groups excluding carboxylic acids is 1. The van der Waals surface area contributed by atoms with Crippen LogP contribution in [0.3, 0.4) is 0 Å². The van der Waals surface area contributed by atoms with E-state index in [1.165, 1.54) is 0 Å². The monoisotopic (exact) mass is 247 g/mol. The second-order valence-electron chi connectivity index (χ2n) is 4.15. The van der Waals surface area contributed by atoms with E-state index in [1.807, 2.05) is 18.2 Å². The lowest BCUT2D eigenvalue weighted by atomic mass is 10.0. The van der Waals surface area contributed by atoms with Gasteiger partial charge in [0.2, 0.25) is 0 Å². The summed E-state index contributed by atoms with van der Waals surface area (Å²) in [6, 6.07) is 12.8. The highest BCUT2D eigenvalue weighted by Crippen LogP contribution is 2.30. The number of rotatable bonds is 1. The maximum atomic E-state index is 11.9. The molecule has 0 fully saturated rings. The largest absolute Gasteiger partial charge is 0.306 e. The van der Waals surface area contributed by atoms with Crippen LogP contribution in [0.15, 0.2) is 42.6 Å². The molecule has 1 N–H and O–H groups in total. The Balaban J connectivity index is 2.04. The highest BCUT2D eigenvalue weighted by molar-refractivity contribution is 6.34. The number of pyridine rings is 1. The summed E-state index contributed by atoms with van der Waals surface area (Å²) >= 11 is 0. The van der Waals surface area contributed by atoms with Crippen LogP contribution in [0, 0.1) is 11.3 Å². The second-order valence-corrected chi connectivity index (χ2v) is 4.15. The lowest BCUT2D eigenvalue weighted by Crippen LogP contribution is -2.04. The predicted molar refractivity (Wildman–Crippen MR) is 71.9 cm³/mol. The van der Waals surface area contributed by atoms with Gasteiger partial charge in [-0.1, -0.05) is 12.1 Å². The van der Waals surface area contributed by atoms with Crippen molar-refractivity contribution in [3.8, 4) is 6.07 Å². The van der Waals surface area contributed by atoms with Crippen molar-refractivity contribution in [3.05, 3.63) is 59.3 Å². The third-order valence-corrected chi connectivity index (χ3v) is 2.93. The lowest BCUT2D eigenvalue weighted by Gasteiger charge is -1.98. The van der Waals surface area contributed by atoms with Crippen molar-refractivity contribution in [2.75, 3.05) is 5.32 Å². The zero-order valence-corrected chi connectivity index (χ0v) is 9.92. The van der Waals surface area contributed by atoms with Crippen molar-refractivity contribution in [1.29, 1.82) is 5.26 Å². The number of anilines is 1. The number of nitrogens with one attached hydrogen (secondary N) is 1. The van der Waals surface area contributed by atoms with Gasteiger partial charge in [0.1, 0.15) is 5.82 Å². The Hall–Kier alpha value is -2.93. The number of carbonyl (C=O) groups is 1. The first-order chi connectivity index (χ1) is 9.28. The standard InChI is InChI=1S/C15H9N3O/c16-9-11-5-3-10(4-6-11)8-13-12-2-1-7-17-14(12)18-15(13)19/h1-8H,(H,17,18,19). The van der Waals surface area contributed by atoms with Crippen molar-refractivity contribution in [3.63, 3.8) is 0 Å². The molecule has 0 saturated heterocycles. The summed E-state index contributed by atoms with van der Waals surface area (Å²) in [4.78, 5) is 16.0. The third kappa shape index (κ3) is 1.98. The molecular weight excluding hydrogens is 238 g/mol. The first-order valence-electron chi connectivity index (χ1n) is 5.76. The van der Waals surface area contributed by atoms with E-state index in [-0.39, 0.29) is 5.91 Å². The summed E-state index contributed by atoms with van der Waals surface area (Å²) in [5.74, 6) is 0.436. The van der Waals surface area contributed by atoms with Crippen molar-refractivity contribution in [2.24, 2.45) is 0 Å². The van der Waals surface area contributed by atoms with E-state index < -0.39 is 0 Å². The van der Waals surface area contributed by atoms with Crippen LogP contribution in [-0.2, 0) is 4.79 Å². The van der Waals surface area contributed by atoms with E-state index in [0.717, 1.165) is 11.1 Å². The Kier molecular flexibility index (Phi) is 2.58. The van der Waals surface area contributed by atoms with Gasteiger partial charge in [0, 0.05) is 11.8 Å². The highest BCUT2D eigenvalue weighted by Gasteiger charge is 2.24. The van der Waals surface area contributed by atoms with Gasteiger partial charge in [0.05, 0.1) is 17.2 Å². The van der Waals surface area contributed by atoms with E-state index in [1.54, 1.807) is 30.5 Å². The molecule has 0 aliphatic carbocycles. The number of nitriles is 1. The van der Waals surface area contributed by atoms with Crippen LogP contribution in [0.4, 0.5) is 5.82 Å². The Morgan fingerprint density at radius 1 is 1.21 bits per heavy atom. The van der Waals surface area contributed by atoms with Crippen molar-refractivity contribution in [1.82, 2.24) is 4.98 Å². The molecule has 3 rings (SSSR count). The van der Waals surface area contributed by atoms with Crippen LogP contribution in [-0.4, -0.2) is 10.9 Å².